The van der Waals surface area contributed by atoms with Crippen molar-refractivity contribution in [2.75, 3.05) is 28.6 Å². The molecule has 7 heteroatoms. The number of hydrogen-bond donors (Lipinski definition) is 2. The summed E-state index contributed by atoms with van der Waals surface area (Å²) in [5, 5.41) is 5.38. The number of hydrogen-bond acceptors (Lipinski definition) is 3. The lowest BCUT2D eigenvalue weighted by Gasteiger charge is -2.31. The second-order valence-electron chi connectivity index (χ2n) is 6.23. The van der Waals surface area contributed by atoms with Crippen molar-refractivity contribution in [2.45, 2.75) is 19.8 Å². The fourth-order valence-electron chi connectivity index (χ4n) is 3.11. The van der Waals surface area contributed by atoms with Crippen LogP contribution in [-0.2, 0) is 16.0 Å². The summed E-state index contributed by atoms with van der Waals surface area (Å²) in [6.07, 6.45) is 1.32. The molecule has 0 spiro atoms. The van der Waals surface area contributed by atoms with E-state index in [9.17, 15) is 18.4 Å². The molecule has 2 N–H and O–H groups in total. The summed E-state index contributed by atoms with van der Waals surface area (Å²) in [7, 11) is 0. The zero-order valence-electron chi connectivity index (χ0n) is 14.3. The Morgan fingerprint density at radius 2 is 1.73 bits per heavy atom. The van der Waals surface area contributed by atoms with Crippen LogP contribution < -0.4 is 15.5 Å². The van der Waals surface area contributed by atoms with Crippen molar-refractivity contribution in [3.63, 3.8) is 0 Å². The van der Waals surface area contributed by atoms with Gasteiger partial charge < -0.3 is 15.5 Å². The molecule has 0 saturated heterocycles. The first-order valence-corrected chi connectivity index (χ1v) is 8.33. The number of nitrogens with one attached hydrogen (secondary N) is 2. The minimum Gasteiger partial charge on any atom is -0.360 e. The fourth-order valence-corrected chi connectivity index (χ4v) is 3.11. The summed E-state index contributed by atoms with van der Waals surface area (Å²) in [6.45, 7) is 1.92. The van der Waals surface area contributed by atoms with Crippen molar-refractivity contribution in [1.29, 1.82) is 0 Å². The molecule has 1 aliphatic heterocycles. The van der Waals surface area contributed by atoms with Crippen molar-refractivity contribution in [2.24, 2.45) is 0 Å². The molecule has 0 aliphatic carbocycles. The number of halogens is 2. The van der Waals surface area contributed by atoms with Gasteiger partial charge in [-0.1, -0.05) is 0 Å². The van der Waals surface area contributed by atoms with Crippen molar-refractivity contribution >= 4 is 28.9 Å². The predicted molar refractivity (Wildman–Crippen MR) is 96.3 cm³/mol. The maximum atomic E-state index is 14.2. The average Bonchev–Trinajstić information content (AvgIpc) is 2.55. The van der Waals surface area contributed by atoms with E-state index in [1.165, 1.54) is 13.0 Å². The largest absolute Gasteiger partial charge is 0.360 e. The van der Waals surface area contributed by atoms with Gasteiger partial charge in [-0.3, -0.25) is 9.59 Å². The highest BCUT2D eigenvalue weighted by Crippen LogP contribution is 2.30. The van der Waals surface area contributed by atoms with Crippen molar-refractivity contribution in [3.8, 4) is 0 Å². The molecule has 0 bridgehead atoms. The van der Waals surface area contributed by atoms with E-state index in [0.29, 0.717) is 35.6 Å². The van der Waals surface area contributed by atoms with Gasteiger partial charge in [0.05, 0.1) is 12.2 Å². The first kappa shape index (κ1) is 17.8. The monoisotopic (exact) mass is 359 g/mol. The summed E-state index contributed by atoms with van der Waals surface area (Å²) in [5.41, 5.74) is 2.08. The number of carbonyl (C=O) groups is 2. The summed E-state index contributed by atoms with van der Waals surface area (Å²) in [5.74, 6) is -1.73. The molecule has 0 radical (unpaired) electrons. The molecule has 5 nitrogen and oxygen atoms in total. The molecule has 1 heterocycles. The van der Waals surface area contributed by atoms with Crippen LogP contribution in [0.3, 0.4) is 0 Å². The van der Waals surface area contributed by atoms with Gasteiger partial charge in [0.25, 0.3) is 0 Å². The third kappa shape index (κ3) is 4.17. The summed E-state index contributed by atoms with van der Waals surface area (Å²) in [4.78, 5) is 25.0. The van der Waals surface area contributed by atoms with Crippen LogP contribution in [0.25, 0.3) is 0 Å². The molecule has 2 aromatic rings. The molecule has 1 aliphatic rings. The number of rotatable bonds is 4. The first-order chi connectivity index (χ1) is 12.4. The van der Waals surface area contributed by atoms with Crippen LogP contribution >= 0.6 is 0 Å². The number of aryl methyl sites for hydroxylation is 1. The Hall–Kier alpha value is -2.96. The Morgan fingerprint density at radius 1 is 1.08 bits per heavy atom. The van der Waals surface area contributed by atoms with Gasteiger partial charge in [-0.25, -0.2) is 8.78 Å². The van der Waals surface area contributed by atoms with Crippen LogP contribution in [-0.4, -0.2) is 24.9 Å². The van der Waals surface area contributed by atoms with Gasteiger partial charge in [-0.05, 0) is 48.7 Å². The third-order valence-corrected chi connectivity index (χ3v) is 4.12. The van der Waals surface area contributed by atoms with E-state index in [2.05, 4.69) is 10.6 Å². The van der Waals surface area contributed by atoms with Gasteiger partial charge in [-0.15, -0.1) is 0 Å². The number of nitrogens with zero attached hydrogens (tertiary/aromatic N) is 1. The van der Waals surface area contributed by atoms with Crippen LogP contribution in [0.4, 0.5) is 25.8 Å². The Morgan fingerprint density at radius 3 is 2.38 bits per heavy atom. The van der Waals surface area contributed by atoms with Gasteiger partial charge in [0.15, 0.2) is 0 Å². The van der Waals surface area contributed by atoms with Crippen LogP contribution in [0.1, 0.15) is 18.9 Å². The zero-order valence-corrected chi connectivity index (χ0v) is 14.3. The maximum absolute atomic E-state index is 14.2. The number of anilines is 3. The Bertz CT molecular complexity index is 837. The van der Waals surface area contributed by atoms with Gasteiger partial charge >= 0.3 is 0 Å². The van der Waals surface area contributed by atoms with E-state index in [0.717, 1.165) is 12.5 Å². The van der Waals surface area contributed by atoms with Crippen LogP contribution in [0.15, 0.2) is 36.4 Å². The molecule has 0 saturated carbocycles. The first-order valence-electron chi connectivity index (χ1n) is 8.33. The zero-order chi connectivity index (χ0) is 18.7. The topological polar surface area (TPSA) is 61.4 Å². The number of carbonyl (C=O) groups excluding carboxylic acids is 2. The smallest absolute Gasteiger partial charge is 0.243 e. The molecule has 3 rings (SSSR count). The van der Waals surface area contributed by atoms with Crippen molar-refractivity contribution in [1.82, 2.24) is 0 Å². The maximum Gasteiger partial charge on any atom is 0.243 e. The van der Waals surface area contributed by atoms with E-state index in [4.69, 9.17) is 0 Å². The van der Waals surface area contributed by atoms with E-state index < -0.39 is 11.6 Å². The molecule has 136 valence electrons. The van der Waals surface area contributed by atoms with Gasteiger partial charge in [0, 0.05) is 30.9 Å². The fraction of sp³-hybridized carbons (Fsp3) is 0.263. The summed E-state index contributed by atoms with van der Waals surface area (Å²) < 4.78 is 27.5. The Balaban J connectivity index is 1.67. The standard InChI is InChI=1S/C19H19F2N3O2/c1-12(25)22-15-4-6-16(7-5-15)23-18(26)11-24-8-2-3-13-9-14(20)10-17(21)19(13)24/h4-7,9-10H,2-3,8,11H2,1H3,(H,22,25)(H,23,26). The molecule has 2 amide bonds. The van der Waals surface area contributed by atoms with Crippen LogP contribution in [0.2, 0.25) is 0 Å². The highest BCUT2D eigenvalue weighted by atomic mass is 19.1. The molecule has 0 atom stereocenters. The molecule has 0 aromatic heterocycles. The minimum atomic E-state index is -0.646. The van der Waals surface area contributed by atoms with Gasteiger partial charge in [0.2, 0.25) is 11.8 Å². The molecule has 26 heavy (non-hydrogen) atoms. The van der Waals surface area contributed by atoms with Gasteiger partial charge in [0.1, 0.15) is 11.6 Å². The highest BCUT2D eigenvalue weighted by Gasteiger charge is 2.23. The van der Waals surface area contributed by atoms with E-state index >= 15 is 0 Å². The summed E-state index contributed by atoms with van der Waals surface area (Å²) in [6, 6.07) is 8.86. The van der Waals surface area contributed by atoms with E-state index in [1.54, 1.807) is 29.2 Å². The van der Waals surface area contributed by atoms with E-state index in [1.807, 2.05) is 0 Å². The second-order valence-corrected chi connectivity index (χ2v) is 6.23. The normalized spacial score (nSPS) is 13.1. The highest BCUT2D eigenvalue weighted by molar-refractivity contribution is 5.95. The van der Waals surface area contributed by atoms with Crippen LogP contribution in [0, 0.1) is 11.6 Å². The SMILES string of the molecule is CC(=O)Nc1ccc(NC(=O)CN2CCCc3cc(F)cc(F)c32)cc1. The molecular formula is C19H19F2N3O2. The van der Waals surface area contributed by atoms with Crippen molar-refractivity contribution in [3.05, 3.63) is 53.6 Å². The molecule has 0 fully saturated rings. The molecule has 2 aromatic carbocycles. The predicted octanol–water partition coefficient (Wildman–Crippen LogP) is 3.31. The molecule has 0 unspecified atom stereocenters. The quantitative estimate of drug-likeness (QED) is 0.880. The van der Waals surface area contributed by atoms with E-state index in [-0.39, 0.29) is 18.4 Å². The number of benzene rings is 2. The second kappa shape index (κ2) is 7.51. The Labute approximate surface area is 150 Å². The van der Waals surface area contributed by atoms with Gasteiger partial charge in [-0.2, -0.15) is 0 Å². The lowest BCUT2D eigenvalue weighted by molar-refractivity contribution is -0.115. The number of amides is 2. The Kier molecular flexibility index (Phi) is 5.16. The summed E-state index contributed by atoms with van der Waals surface area (Å²) >= 11 is 0. The van der Waals surface area contributed by atoms with Crippen molar-refractivity contribution < 1.29 is 18.4 Å². The van der Waals surface area contributed by atoms with Crippen LogP contribution in [0.5, 0.6) is 0 Å². The minimum absolute atomic E-state index is 0.0248. The average molecular weight is 359 g/mol. The lowest BCUT2D eigenvalue weighted by atomic mass is 10.0. The third-order valence-electron chi connectivity index (χ3n) is 4.12. The molecular weight excluding hydrogens is 340 g/mol. The lowest BCUT2D eigenvalue weighted by Crippen LogP contribution is -2.37. The number of fused-ring (bicyclic) bond motifs is 1.